The van der Waals surface area contributed by atoms with Gasteiger partial charge in [-0.1, -0.05) is 56.2 Å². The van der Waals surface area contributed by atoms with Crippen molar-refractivity contribution >= 4 is 5.97 Å². The molecule has 142 valence electrons. The number of hydrogen-bond acceptors (Lipinski definition) is 1. The van der Waals surface area contributed by atoms with Gasteiger partial charge >= 0.3 is 5.97 Å². The van der Waals surface area contributed by atoms with E-state index in [0.29, 0.717) is 5.92 Å². The largest absolute Gasteiger partial charge is 0.481 e. The van der Waals surface area contributed by atoms with E-state index in [1.54, 1.807) is 0 Å². The van der Waals surface area contributed by atoms with Crippen LogP contribution in [0, 0.1) is 11.8 Å². The molecule has 1 unspecified atom stereocenters. The summed E-state index contributed by atoms with van der Waals surface area (Å²) in [6.07, 6.45) is 28.5. The van der Waals surface area contributed by atoms with Crippen LogP contribution in [0.3, 0.4) is 0 Å². The van der Waals surface area contributed by atoms with Crippen LogP contribution in [0.5, 0.6) is 0 Å². The highest BCUT2D eigenvalue weighted by Gasteiger charge is 2.35. The van der Waals surface area contributed by atoms with E-state index in [9.17, 15) is 4.79 Å². The summed E-state index contributed by atoms with van der Waals surface area (Å²) in [6, 6.07) is 0. The van der Waals surface area contributed by atoms with Crippen molar-refractivity contribution in [1.82, 2.24) is 0 Å². The smallest absolute Gasteiger partial charge is 0.306 e. The van der Waals surface area contributed by atoms with Crippen molar-refractivity contribution < 1.29 is 9.90 Å². The third kappa shape index (κ3) is 12.7. The quantitative estimate of drug-likeness (QED) is 0.239. The normalized spacial score (nSPS) is 16.4. The first kappa shape index (κ1) is 21.7. The van der Waals surface area contributed by atoms with E-state index in [0.717, 1.165) is 32.1 Å². The Kier molecular flexibility index (Phi) is 13.0. The number of allylic oxidation sites excluding steroid dienone is 6. The lowest BCUT2D eigenvalue weighted by Gasteiger charge is -2.08. The van der Waals surface area contributed by atoms with Gasteiger partial charge in [0.15, 0.2) is 0 Å². The Hall–Kier alpha value is -1.31. The van der Waals surface area contributed by atoms with Gasteiger partial charge in [-0.05, 0) is 76.5 Å². The van der Waals surface area contributed by atoms with Crippen LogP contribution in [0.4, 0.5) is 0 Å². The molecule has 1 saturated carbocycles. The summed E-state index contributed by atoms with van der Waals surface area (Å²) in [4.78, 5) is 11.1. The summed E-state index contributed by atoms with van der Waals surface area (Å²) in [5.74, 6) is -0.260. The van der Waals surface area contributed by atoms with Crippen molar-refractivity contribution in [2.45, 2.75) is 90.4 Å². The van der Waals surface area contributed by atoms with Gasteiger partial charge in [-0.15, -0.1) is 0 Å². The van der Waals surface area contributed by atoms with Gasteiger partial charge in [-0.3, -0.25) is 4.79 Å². The molecule has 2 nitrogen and oxygen atoms in total. The lowest BCUT2D eigenvalue weighted by atomic mass is 9.98. The first-order chi connectivity index (χ1) is 12.3. The summed E-state index contributed by atoms with van der Waals surface area (Å²) < 4.78 is 0. The molecule has 1 rings (SSSR count). The van der Waals surface area contributed by atoms with Crippen molar-refractivity contribution in [3.8, 4) is 0 Å². The van der Waals surface area contributed by atoms with E-state index in [1.165, 1.54) is 51.4 Å². The zero-order valence-corrected chi connectivity index (χ0v) is 16.2. The predicted octanol–water partition coefficient (Wildman–Crippen LogP) is 7.08. The van der Waals surface area contributed by atoms with Gasteiger partial charge in [0.25, 0.3) is 0 Å². The molecule has 1 fully saturated rings. The fourth-order valence-corrected chi connectivity index (χ4v) is 3.11. The highest BCUT2D eigenvalue weighted by atomic mass is 16.4. The molecule has 0 spiro atoms. The van der Waals surface area contributed by atoms with Crippen molar-refractivity contribution in [3.05, 3.63) is 36.5 Å². The molecule has 2 heteroatoms. The van der Waals surface area contributed by atoms with Crippen LogP contribution in [0.2, 0.25) is 0 Å². The highest BCUT2D eigenvalue weighted by molar-refractivity contribution is 5.70. The van der Waals surface area contributed by atoms with E-state index in [1.807, 2.05) is 0 Å². The Morgan fingerprint density at radius 2 is 1.40 bits per heavy atom. The molecule has 0 aromatic rings. The van der Waals surface area contributed by atoms with Crippen molar-refractivity contribution in [3.63, 3.8) is 0 Å². The Bertz CT molecular complexity index is 416. The number of carboxylic acid groups (broad SMARTS) is 1. The van der Waals surface area contributed by atoms with Crippen LogP contribution >= 0.6 is 0 Å². The predicted molar refractivity (Wildman–Crippen MR) is 108 cm³/mol. The Balaban J connectivity index is 1.90. The maximum atomic E-state index is 11.1. The van der Waals surface area contributed by atoms with E-state index < -0.39 is 5.97 Å². The Morgan fingerprint density at radius 3 is 1.92 bits per heavy atom. The first-order valence-corrected chi connectivity index (χ1v) is 10.4. The molecule has 1 aliphatic carbocycles. The summed E-state index contributed by atoms with van der Waals surface area (Å²) >= 11 is 0. The second kappa shape index (κ2) is 15.0. The van der Waals surface area contributed by atoms with Gasteiger partial charge in [0.2, 0.25) is 0 Å². The molecule has 25 heavy (non-hydrogen) atoms. The Labute approximate surface area is 155 Å². The fourth-order valence-electron chi connectivity index (χ4n) is 3.11. The molecule has 0 saturated heterocycles. The first-order valence-electron chi connectivity index (χ1n) is 10.4. The van der Waals surface area contributed by atoms with Gasteiger partial charge in [0.1, 0.15) is 0 Å². The topological polar surface area (TPSA) is 37.3 Å². The molecule has 0 heterocycles. The number of carbonyl (C=O) groups is 1. The van der Waals surface area contributed by atoms with Crippen LogP contribution in [0.25, 0.3) is 0 Å². The van der Waals surface area contributed by atoms with Gasteiger partial charge in [-0.25, -0.2) is 0 Å². The van der Waals surface area contributed by atoms with Crippen molar-refractivity contribution in [2.24, 2.45) is 11.8 Å². The number of aliphatic carboxylic acids is 1. The molecular formula is C23H38O2. The third-order valence-corrected chi connectivity index (χ3v) is 4.89. The summed E-state index contributed by atoms with van der Waals surface area (Å²) in [5, 5.41) is 9.17. The molecule has 1 atom stereocenters. The lowest BCUT2D eigenvalue weighted by molar-refractivity contribution is -0.142. The molecule has 0 bridgehead atoms. The number of rotatable bonds is 16. The van der Waals surface area contributed by atoms with Crippen LogP contribution in [-0.2, 0) is 4.79 Å². The fraction of sp³-hybridized carbons (Fsp3) is 0.696. The standard InChI is InChI=1S/C23H38O2/c1-2-3-4-5-6-7-8-9-10-11-12-13-14-15-16-17-18-22(23(24)25)21-19-20-21/h6-7,12-13,15-16,21-22H,2-5,8-11,14,17-20H2,1H3,(H,24,25). The molecule has 0 aromatic heterocycles. The maximum absolute atomic E-state index is 11.1. The number of unbranched alkanes of at least 4 members (excludes halogenated alkanes) is 6. The SMILES string of the molecule is CCCCCC=CCCCCC=CCC=CCCC(C(=O)O)C1CC1. The summed E-state index contributed by atoms with van der Waals surface area (Å²) in [7, 11) is 0. The van der Waals surface area contributed by atoms with Crippen LogP contribution in [-0.4, -0.2) is 11.1 Å². The third-order valence-electron chi connectivity index (χ3n) is 4.89. The minimum atomic E-state index is -0.605. The van der Waals surface area contributed by atoms with Gasteiger partial charge in [0.05, 0.1) is 5.92 Å². The second-order valence-corrected chi connectivity index (χ2v) is 7.29. The van der Waals surface area contributed by atoms with Gasteiger partial charge < -0.3 is 5.11 Å². The van der Waals surface area contributed by atoms with Crippen LogP contribution < -0.4 is 0 Å². The second-order valence-electron chi connectivity index (χ2n) is 7.29. The molecule has 0 radical (unpaired) electrons. The average molecular weight is 347 g/mol. The average Bonchev–Trinajstić information content (AvgIpc) is 3.42. The molecule has 0 aromatic carbocycles. The molecular weight excluding hydrogens is 308 g/mol. The van der Waals surface area contributed by atoms with Crippen LogP contribution in [0.15, 0.2) is 36.5 Å². The van der Waals surface area contributed by atoms with E-state index in [2.05, 4.69) is 43.4 Å². The number of hydrogen-bond donors (Lipinski definition) is 1. The molecule has 1 N–H and O–H groups in total. The highest BCUT2D eigenvalue weighted by Crippen LogP contribution is 2.39. The van der Waals surface area contributed by atoms with Crippen molar-refractivity contribution in [1.29, 1.82) is 0 Å². The maximum Gasteiger partial charge on any atom is 0.306 e. The minimum Gasteiger partial charge on any atom is -0.481 e. The Morgan fingerprint density at radius 1 is 0.880 bits per heavy atom. The van der Waals surface area contributed by atoms with E-state index in [4.69, 9.17) is 5.11 Å². The van der Waals surface area contributed by atoms with Gasteiger partial charge in [0, 0.05) is 0 Å². The van der Waals surface area contributed by atoms with E-state index >= 15 is 0 Å². The van der Waals surface area contributed by atoms with Crippen molar-refractivity contribution in [2.75, 3.05) is 0 Å². The monoisotopic (exact) mass is 346 g/mol. The summed E-state index contributed by atoms with van der Waals surface area (Å²) in [5.41, 5.74) is 0. The molecule has 0 aliphatic heterocycles. The summed E-state index contributed by atoms with van der Waals surface area (Å²) in [6.45, 7) is 2.25. The van der Waals surface area contributed by atoms with Gasteiger partial charge in [-0.2, -0.15) is 0 Å². The zero-order chi connectivity index (χ0) is 18.2. The van der Waals surface area contributed by atoms with Crippen LogP contribution in [0.1, 0.15) is 90.4 Å². The number of carboxylic acids is 1. The zero-order valence-electron chi connectivity index (χ0n) is 16.2. The van der Waals surface area contributed by atoms with E-state index in [-0.39, 0.29) is 5.92 Å². The lowest BCUT2D eigenvalue weighted by Crippen LogP contribution is -2.15. The molecule has 1 aliphatic rings. The molecule has 0 amide bonds. The minimum absolute atomic E-state index is 0.110.